The summed E-state index contributed by atoms with van der Waals surface area (Å²) >= 11 is 0. The van der Waals surface area contributed by atoms with Gasteiger partial charge in [0, 0.05) is 24.4 Å². The minimum absolute atomic E-state index is 0.0177. The van der Waals surface area contributed by atoms with Gasteiger partial charge in [0.1, 0.15) is 17.1 Å². The lowest BCUT2D eigenvalue weighted by Gasteiger charge is -2.12. The molecule has 0 aliphatic heterocycles. The average molecular weight is 380 g/mol. The largest absolute Gasteiger partial charge is 0.427 e. The van der Waals surface area contributed by atoms with Crippen molar-refractivity contribution in [1.82, 2.24) is 14.8 Å². The Labute approximate surface area is 163 Å². The number of rotatable bonds is 7. The zero-order chi connectivity index (χ0) is 20.1. The fourth-order valence-corrected chi connectivity index (χ4v) is 3.13. The van der Waals surface area contributed by atoms with E-state index in [-0.39, 0.29) is 11.5 Å². The topological polar surface area (TPSA) is 90.0 Å². The summed E-state index contributed by atoms with van der Waals surface area (Å²) in [7, 11) is 0. The molecule has 3 aromatic rings. The summed E-state index contributed by atoms with van der Waals surface area (Å²) in [6.07, 6.45) is 6.91. The Morgan fingerprint density at radius 2 is 2.00 bits per heavy atom. The fourth-order valence-electron chi connectivity index (χ4n) is 3.13. The number of carbonyl (C=O) groups excluding carboxylic acids is 1. The average Bonchev–Trinajstić information content (AvgIpc) is 3.08. The van der Waals surface area contributed by atoms with Crippen molar-refractivity contribution in [3.05, 3.63) is 75.7 Å². The maximum atomic E-state index is 12.7. The van der Waals surface area contributed by atoms with E-state index in [0.29, 0.717) is 23.7 Å². The Morgan fingerprint density at radius 1 is 1.25 bits per heavy atom. The molecule has 0 saturated heterocycles. The molecule has 3 rings (SSSR count). The lowest BCUT2D eigenvalue weighted by Crippen LogP contribution is -2.24. The van der Waals surface area contributed by atoms with Gasteiger partial charge in [-0.1, -0.05) is 20.3 Å². The molecule has 0 spiro atoms. The lowest BCUT2D eigenvalue weighted by atomic mass is 10.0. The van der Waals surface area contributed by atoms with Gasteiger partial charge < -0.3 is 9.73 Å². The normalized spacial score (nSPS) is 12.0. The maximum Gasteiger partial charge on any atom is 0.349 e. The molecule has 146 valence electrons. The van der Waals surface area contributed by atoms with Gasteiger partial charge in [-0.3, -0.25) is 9.78 Å². The summed E-state index contributed by atoms with van der Waals surface area (Å²) in [6, 6.07) is 7.23. The molecular formula is C21H24N4O3. The molecule has 0 saturated carbocycles. The summed E-state index contributed by atoms with van der Waals surface area (Å²) in [5.74, 6) is 0.750. The third kappa shape index (κ3) is 4.36. The minimum atomic E-state index is -0.615. The second-order valence-corrected chi connectivity index (χ2v) is 6.87. The predicted molar refractivity (Wildman–Crippen MR) is 107 cm³/mol. The number of aryl methyl sites for hydroxylation is 1. The molecule has 0 aromatic carbocycles. The Hall–Kier alpha value is -3.22. The number of nitrogens with zero attached hydrogens (tertiary/aromatic N) is 3. The third-order valence-electron chi connectivity index (χ3n) is 4.64. The van der Waals surface area contributed by atoms with E-state index in [0.717, 1.165) is 18.4 Å². The summed E-state index contributed by atoms with van der Waals surface area (Å²) in [6.45, 7) is 6.32. The van der Waals surface area contributed by atoms with Gasteiger partial charge in [-0.15, -0.1) is 0 Å². The van der Waals surface area contributed by atoms with Crippen molar-refractivity contribution >= 4 is 11.7 Å². The number of carbonyl (C=O) groups is 1. The van der Waals surface area contributed by atoms with Crippen LogP contribution in [0.1, 0.15) is 59.9 Å². The van der Waals surface area contributed by atoms with Crippen LogP contribution in [0.3, 0.4) is 0 Å². The second-order valence-electron chi connectivity index (χ2n) is 6.87. The van der Waals surface area contributed by atoms with Crippen LogP contribution in [0.25, 0.3) is 0 Å². The molecule has 7 heteroatoms. The Kier molecular flexibility index (Phi) is 6.03. The van der Waals surface area contributed by atoms with Gasteiger partial charge in [-0.25, -0.2) is 9.48 Å². The zero-order valence-electron chi connectivity index (χ0n) is 16.3. The number of hydrogen-bond donors (Lipinski definition) is 1. The smallest absolute Gasteiger partial charge is 0.349 e. The number of nitrogens with one attached hydrogen (secondary N) is 1. The minimum Gasteiger partial charge on any atom is -0.427 e. The highest BCUT2D eigenvalue weighted by molar-refractivity contribution is 6.04. The van der Waals surface area contributed by atoms with E-state index < -0.39 is 11.5 Å². The number of pyridine rings is 1. The third-order valence-corrected chi connectivity index (χ3v) is 4.64. The Bertz CT molecular complexity index is 1010. The van der Waals surface area contributed by atoms with Crippen LogP contribution in [0.2, 0.25) is 0 Å². The van der Waals surface area contributed by atoms with Gasteiger partial charge in [0.15, 0.2) is 0 Å². The van der Waals surface area contributed by atoms with Crippen LogP contribution in [0, 0.1) is 6.92 Å². The van der Waals surface area contributed by atoms with E-state index in [1.54, 1.807) is 42.3 Å². The first-order valence-corrected chi connectivity index (χ1v) is 9.36. The maximum absolute atomic E-state index is 12.7. The quantitative estimate of drug-likeness (QED) is 0.674. The van der Waals surface area contributed by atoms with Crippen molar-refractivity contribution in [2.75, 3.05) is 5.32 Å². The van der Waals surface area contributed by atoms with Gasteiger partial charge >= 0.3 is 5.63 Å². The predicted octanol–water partition coefficient (Wildman–Crippen LogP) is 3.74. The molecule has 0 radical (unpaired) electrons. The lowest BCUT2D eigenvalue weighted by molar-refractivity contribution is 0.102. The highest BCUT2D eigenvalue weighted by Crippen LogP contribution is 2.21. The first-order valence-electron chi connectivity index (χ1n) is 9.36. The van der Waals surface area contributed by atoms with Crippen LogP contribution in [0.5, 0.6) is 0 Å². The molecule has 28 heavy (non-hydrogen) atoms. The SMILES string of the molecule is CCCC(C)c1cc(C)c(C(=O)Nc2ccnn2Cc2ccncc2)c(=O)o1. The van der Waals surface area contributed by atoms with Gasteiger partial charge in [0.05, 0.1) is 12.7 Å². The summed E-state index contributed by atoms with van der Waals surface area (Å²) in [5, 5.41) is 7.01. The highest BCUT2D eigenvalue weighted by Gasteiger charge is 2.20. The second kappa shape index (κ2) is 8.65. The highest BCUT2D eigenvalue weighted by atomic mass is 16.4. The molecule has 0 aliphatic carbocycles. The molecule has 1 amide bonds. The first-order chi connectivity index (χ1) is 13.5. The van der Waals surface area contributed by atoms with Crippen LogP contribution in [0.15, 0.2) is 52.1 Å². The van der Waals surface area contributed by atoms with E-state index >= 15 is 0 Å². The number of hydrogen-bond acceptors (Lipinski definition) is 5. The van der Waals surface area contributed by atoms with Crippen LogP contribution >= 0.6 is 0 Å². The van der Waals surface area contributed by atoms with Crippen LogP contribution in [-0.2, 0) is 6.54 Å². The molecular weight excluding hydrogens is 356 g/mol. The molecule has 0 fully saturated rings. The molecule has 1 unspecified atom stereocenters. The Morgan fingerprint density at radius 3 is 2.68 bits per heavy atom. The van der Waals surface area contributed by atoms with Crippen molar-refractivity contribution in [2.45, 2.75) is 46.1 Å². The molecule has 1 atom stereocenters. The molecule has 0 bridgehead atoms. The zero-order valence-corrected chi connectivity index (χ0v) is 16.3. The van der Waals surface area contributed by atoms with E-state index in [1.165, 1.54) is 0 Å². The molecule has 1 N–H and O–H groups in total. The number of aromatic nitrogens is 3. The van der Waals surface area contributed by atoms with Crippen LogP contribution in [0.4, 0.5) is 5.82 Å². The number of amides is 1. The van der Waals surface area contributed by atoms with Crippen molar-refractivity contribution in [1.29, 1.82) is 0 Å². The van der Waals surface area contributed by atoms with Gasteiger partial charge in [-0.2, -0.15) is 5.10 Å². The monoisotopic (exact) mass is 380 g/mol. The molecule has 3 heterocycles. The van der Waals surface area contributed by atoms with Crippen molar-refractivity contribution in [3.63, 3.8) is 0 Å². The Balaban J connectivity index is 1.81. The summed E-state index contributed by atoms with van der Waals surface area (Å²) in [5.41, 5.74) is 1.01. The van der Waals surface area contributed by atoms with Crippen molar-refractivity contribution in [3.8, 4) is 0 Å². The van der Waals surface area contributed by atoms with E-state index in [9.17, 15) is 9.59 Å². The molecule has 7 nitrogen and oxygen atoms in total. The summed E-state index contributed by atoms with van der Waals surface area (Å²) < 4.78 is 7.08. The fraction of sp³-hybridized carbons (Fsp3) is 0.333. The molecule has 3 aromatic heterocycles. The van der Waals surface area contributed by atoms with Gasteiger partial charge in [0.2, 0.25) is 0 Å². The summed E-state index contributed by atoms with van der Waals surface area (Å²) in [4.78, 5) is 29.2. The van der Waals surface area contributed by atoms with Crippen molar-refractivity contribution < 1.29 is 9.21 Å². The van der Waals surface area contributed by atoms with Gasteiger partial charge in [-0.05, 0) is 42.7 Å². The van der Waals surface area contributed by atoms with E-state index in [2.05, 4.69) is 22.3 Å². The molecule has 0 aliphatic rings. The van der Waals surface area contributed by atoms with E-state index in [4.69, 9.17) is 4.42 Å². The van der Waals surface area contributed by atoms with Crippen LogP contribution < -0.4 is 10.9 Å². The standard InChI is InChI=1S/C21H24N4O3/c1-4-5-14(2)17-12-15(3)19(21(27)28-17)20(26)24-18-8-11-23-25(18)13-16-6-9-22-10-7-16/h6-12,14H,4-5,13H2,1-3H3,(H,24,26). The van der Waals surface area contributed by atoms with Gasteiger partial charge in [0.25, 0.3) is 5.91 Å². The van der Waals surface area contributed by atoms with Crippen LogP contribution in [-0.4, -0.2) is 20.7 Å². The van der Waals surface area contributed by atoms with E-state index in [1.807, 2.05) is 19.1 Å². The number of anilines is 1. The first kappa shape index (κ1) is 19.5. The van der Waals surface area contributed by atoms with Crippen molar-refractivity contribution in [2.24, 2.45) is 0 Å².